The molecule has 2 aliphatic heterocycles. The molecular formula is C15H10FN5O2. The van der Waals surface area contributed by atoms with Crippen LogP contribution in [0.4, 0.5) is 10.1 Å². The Labute approximate surface area is 129 Å². The van der Waals surface area contributed by atoms with Gasteiger partial charge in [-0.25, -0.2) is 4.39 Å². The lowest BCUT2D eigenvalue weighted by atomic mass is 9.69. The van der Waals surface area contributed by atoms with Gasteiger partial charge >= 0.3 is 0 Å². The number of fused-ring (bicyclic) bond motifs is 4. The summed E-state index contributed by atoms with van der Waals surface area (Å²) < 4.78 is 19.2. The predicted molar refractivity (Wildman–Crippen MR) is 76.6 cm³/mol. The number of hydrogen-bond donors (Lipinski definition) is 3. The Hall–Kier alpha value is -3.34. The minimum atomic E-state index is -1.57. The van der Waals surface area contributed by atoms with E-state index in [1.165, 1.54) is 18.2 Å². The van der Waals surface area contributed by atoms with E-state index in [2.05, 4.69) is 15.5 Å². The Bertz CT molecular complexity index is 955. The lowest BCUT2D eigenvalue weighted by Crippen LogP contribution is -2.42. The summed E-state index contributed by atoms with van der Waals surface area (Å²) in [4.78, 5) is 12.9. The van der Waals surface area contributed by atoms with E-state index in [0.717, 1.165) is 0 Å². The van der Waals surface area contributed by atoms with Crippen molar-refractivity contribution in [3.8, 4) is 11.9 Å². The Kier molecular flexibility index (Phi) is 2.38. The van der Waals surface area contributed by atoms with Gasteiger partial charge in [0.1, 0.15) is 22.9 Å². The smallest absolute Gasteiger partial charge is 0.245 e. The molecule has 0 radical (unpaired) electrons. The largest absolute Gasteiger partial charge is 0.420 e. The normalized spacial score (nSPS) is 21.5. The Morgan fingerprint density at radius 3 is 3.00 bits per heavy atom. The summed E-state index contributed by atoms with van der Waals surface area (Å²) in [6.45, 7) is 1.69. The quantitative estimate of drug-likeness (QED) is 0.675. The second-order valence-electron chi connectivity index (χ2n) is 5.38. The number of nitrogens with zero attached hydrogens (tertiary/aromatic N) is 2. The van der Waals surface area contributed by atoms with Crippen LogP contribution < -0.4 is 15.8 Å². The highest BCUT2D eigenvalue weighted by atomic mass is 19.1. The monoisotopic (exact) mass is 311 g/mol. The first-order valence-electron chi connectivity index (χ1n) is 6.75. The fourth-order valence-corrected chi connectivity index (χ4v) is 3.30. The number of rotatable bonds is 0. The maximum atomic E-state index is 13.8. The van der Waals surface area contributed by atoms with E-state index in [1.807, 2.05) is 6.07 Å². The van der Waals surface area contributed by atoms with Gasteiger partial charge in [0.15, 0.2) is 0 Å². The minimum Gasteiger partial charge on any atom is -0.420 e. The maximum absolute atomic E-state index is 13.8. The van der Waals surface area contributed by atoms with Crippen LogP contribution in [-0.4, -0.2) is 16.1 Å². The number of nitriles is 1. The molecule has 0 bridgehead atoms. The number of ether oxygens (including phenoxy) is 1. The number of amides is 1. The summed E-state index contributed by atoms with van der Waals surface area (Å²) in [5.74, 6) is -1.14. The molecule has 3 heterocycles. The molecule has 0 saturated heterocycles. The number of halogens is 1. The maximum Gasteiger partial charge on any atom is 0.245 e. The molecule has 4 rings (SSSR count). The van der Waals surface area contributed by atoms with E-state index in [-0.39, 0.29) is 17.3 Å². The van der Waals surface area contributed by atoms with Gasteiger partial charge in [-0.2, -0.15) is 5.26 Å². The fourth-order valence-electron chi connectivity index (χ4n) is 3.30. The molecule has 0 aliphatic carbocycles. The summed E-state index contributed by atoms with van der Waals surface area (Å²) in [6.07, 6.45) is 0. The van der Waals surface area contributed by atoms with Crippen molar-refractivity contribution in [3.63, 3.8) is 0 Å². The zero-order valence-corrected chi connectivity index (χ0v) is 11.9. The highest BCUT2D eigenvalue weighted by Gasteiger charge is 2.58. The first-order chi connectivity index (χ1) is 11.0. The van der Waals surface area contributed by atoms with Gasteiger partial charge in [-0.15, -0.1) is 5.10 Å². The van der Waals surface area contributed by atoms with Crippen LogP contribution in [0.3, 0.4) is 0 Å². The number of benzene rings is 1. The third kappa shape index (κ3) is 1.41. The molecule has 1 aromatic carbocycles. The molecule has 7 nitrogen and oxygen atoms in total. The van der Waals surface area contributed by atoms with Crippen molar-refractivity contribution in [1.29, 1.82) is 5.26 Å². The third-order valence-electron chi connectivity index (χ3n) is 4.20. The average Bonchev–Trinajstić information content (AvgIpc) is 3.00. The van der Waals surface area contributed by atoms with Crippen molar-refractivity contribution >= 4 is 11.6 Å². The molecule has 23 heavy (non-hydrogen) atoms. The SMILES string of the molecule is Cc1[nH]nc2c1[C@]1(C(=O)Nc3ccc(F)cc31)C(C#N)=C(N)O2. The molecule has 1 spiro atoms. The zero-order valence-electron chi connectivity index (χ0n) is 11.9. The van der Waals surface area contributed by atoms with Crippen LogP contribution in [-0.2, 0) is 10.2 Å². The number of nitrogens with one attached hydrogen (secondary N) is 2. The molecule has 114 valence electrons. The summed E-state index contributed by atoms with van der Waals surface area (Å²) >= 11 is 0. The van der Waals surface area contributed by atoms with E-state index < -0.39 is 17.1 Å². The predicted octanol–water partition coefficient (Wildman–Crippen LogP) is 1.18. The minimum absolute atomic E-state index is 0.0867. The summed E-state index contributed by atoms with van der Waals surface area (Å²) in [6, 6.07) is 5.85. The standard InChI is InChI=1S/C15H10FN5O2/c1-6-11-13(21-20-6)23-12(18)9(5-17)15(11)8-4-7(16)2-3-10(8)19-14(15)22/h2-4H,18H2,1H3,(H,19,22)(H,20,21)/t15-/m1/s1. The first kappa shape index (κ1) is 13.3. The Balaban J connectivity index is 2.19. The third-order valence-corrected chi connectivity index (χ3v) is 4.20. The number of carbonyl (C=O) groups is 1. The van der Waals surface area contributed by atoms with E-state index >= 15 is 0 Å². The van der Waals surface area contributed by atoms with Crippen molar-refractivity contribution in [2.75, 3.05) is 5.32 Å². The molecule has 2 aromatic rings. The number of H-pyrrole nitrogens is 1. The molecule has 8 heteroatoms. The van der Waals surface area contributed by atoms with Gasteiger partial charge in [0.25, 0.3) is 0 Å². The molecule has 0 saturated carbocycles. The van der Waals surface area contributed by atoms with E-state index in [1.54, 1.807) is 6.92 Å². The average molecular weight is 311 g/mol. The van der Waals surface area contributed by atoms with Crippen molar-refractivity contribution in [2.24, 2.45) is 5.73 Å². The number of aromatic amines is 1. The van der Waals surface area contributed by atoms with Crippen LogP contribution >= 0.6 is 0 Å². The summed E-state index contributed by atoms with van der Waals surface area (Å²) in [5.41, 5.74) is 5.82. The van der Waals surface area contributed by atoms with Crippen LogP contribution in [0.15, 0.2) is 29.7 Å². The fraction of sp³-hybridized carbons (Fsp3) is 0.133. The Morgan fingerprint density at radius 2 is 2.26 bits per heavy atom. The van der Waals surface area contributed by atoms with Crippen LogP contribution in [0.1, 0.15) is 16.8 Å². The molecule has 2 aliphatic rings. The molecule has 1 amide bonds. The zero-order chi connectivity index (χ0) is 16.4. The van der Waals surface area contributed by atoms with E-state index in [9.17, 15) is 14.4 Å². The van der Waals surface area contributed by atoms with Crippen molar-refractivity contribution in [2.45, 2.75) is 12.3 Å². The summed E-state index contributed by atoms with van der Waals surface area (Å²) in [7, 11) is 0. The number of carbonyl (C=O) groups excluding carboxylic acids is 1. The van der Waals surface area contributed by atoms with E-state index in [4.69, 9.17) is 10.5 Å². The van der Waals surface area contributed by atoms with Gasteiger partial charge in [-0.3, -0.25) is 9.89 Å². The van der Waals surface area contributed by atoms with E-state index in [0.29, 0.717) is 22.5 Å². The van der Waals surface area contributed by atoms with Gasteiger partial charge < -0.3 is 15.8 Å². The number of aromatic nitrogens is 2. The van der Waals surface area contributed by atoms with Crippen LogP contribution in [0.25, 0.3) is 0 Å². The molecule has 0 unspecified atom stereocenters. The second-order valence-corrected chi connectivity index (χ2v) is 5.38. The number of aryl methyl sites for hydroxylation is 1. The summed E-state index contributed by atoms with van der Waals surface area (Å²) in [5, 5.41) is 19.0. The van der Waals surface area contributed by atoms with Crippen molar-refractivity contribution in [1.82, 2.24) is 10.2 Å². The van der Waals surface area contributed by atoms with Crippen molar-refractivity contribution in [3.05, 3.63) is 52.3 Å². The topological polar surface area (TPSA) is 117 Å². The molecule has 1 aromatic heterocycles. The highest BCUT2D eigenvalue weighted by molar-refractivity contribution is 6.12. The molecule has 0 fully saturated rings. The number of nitrogens with two attached hydrogens (primary N) is 1. The Morgan fingerprint density at radius 1 is 1.48 bits per heavy atom. The molecular weight excluding hydrogens is 301 g/mol. The van der Waals surface area contributed by atoms with Gasteiger partial charge in [0.2, 0.25) is 17.7 Å². The molecule has 4 N–H and O–H groups in total. The van der Waals surface area contributed by atoms with Crippen LogP contribution in [0.5, 0.6) is 5.88 Å². The lowest BCUT2D eigenvalue weighted by Gasteiger charge is -2.31. The molecule has 1 atom stereocenters. The first-order valence-corrected chi connectivity index (χ1v) is 6.75. The van der Waals surface area contributed by atoms with Gasteiger partial charge in [0.05, 0.1) is 5.56 Å². The van der Waals surface area contributed by atoms with Crippen molar-refractivity contribution < 1.29 is 13.9 Å². The van der Waals surface area contributed by atoms with Crippen LogP contribution in [0, 0.1) is 24.1 Å². The highest BCUT2D eigenvalue weighted by Crippen LogP contribution is 2.53. The lowest BCUT2D eigenvalue weighted by molar-refractivity contribution is -0.118. The number of hydrogen-bond acceptors (Lipinski definition) is 5. The van der Waals surface area contributed by atoms with Gasteiger partial charge in [-0.1, -0.05) is 0 Å². The van der Waals surface area contributed by atoms with Gasteiger partial charge in [-0.05, 0) is 25.1 Å². The number of anilines is 1. The van der Waals surface area contributed by atoms with Crippen LogP contribution in [0.2, 0.25) is 0 Å². The second kappa shape index (κ2) is 4.10. The van der Waals surface area contributed by atoms with Gasteiger partial charge in [0, 0.05) is 16.9 Å².